The summed E-state index contributed by atoms with van der Waals surface area (Å²) in [7, 11) is 0. The molecule has 4 rings (SSSR count). The van der Waals surface area contributed by atoms with Gasteiger partial charge in [-0.05, 0) is 43.2 Å². The Morgan fingerprint density at radius 3 is 2.72 bits per heavy atom. The number of anilines is 1. The van der Waals surface area contributed by atoms with Gasteiger partial charge in [0.1, 0.15) is 0 Å². The predicted molar refractivity (Wildman–Crippen MR) is 95.1 cm³/mol. The number of benzene rings is 1. The molecule has 6 nitrogen and oxygen atoms in total. The fourth-order valence-electron chi connectivity index (χ4n) is 2.60. The molecule has 7 heteroatoms. The van der Waals surface area contributed by atoms with Crippen LogP contribution in [0.3, 0.4) is 0 Å². The smallest absolute Gasteiger partial charge is 0.292 e. The Morgan fingerprint density at radius 1 is 1.12 bits per heavy atom. The summed E-state index contributed by atoms with van der Waals surface area (Å²) < 4.78 is 1.61. The Bertz CT molecular complexity index is 978. The molecule has 1 fully saturated rings. The van der Waals surface area contributed by atoms with Crippen molar-refractivity contribution in [2.24, 2.45) is 0 Å². The van der Waals surface area contributed by atoms with Gasteiger partial charge in [0.15, 0.2) is 5.69 Å². The van der Waals surface area contributed by atoms with Gasteiger partial charge in [0.05, 0.1) is 5.52 Å². The Kier molecular flexibility index (Phi) is 3.89. The summed E-state index contributed by atoms with van der Waals surface area (Å²) in [5.74, 6) is -0.515. The number of imidazole rings is 1. The first-order valence-electron chi connectivity index (χ1n) is 7.97. The van der Waals surface area contributed by atoms with Crippen LogP contribution in [0, 0.1) is 0 Å². The molecule has 0 atom stereocenters. The van der Waals surface area contributed by atoms with E-state index in [-0.39, 0.29) is 23.5 Å². The molecule has 2 heterocycles. The third-order valence-electron chi connectivity index (χ3n) is 3.96. The lowest BCUT2D eigenvalue weighted by molar-refractivity contribution is 0.0948. The number of rotatable bonds is 4. The number of amides is 2. The predicted octanol–water partition coefficient (Wildman–Crippen LogP) is 3.13. The van der Waals surface area contributed by atoms with Gasteiger partial charge < -0.3 is 10.6 Å². The summed E-state index contributed by atoms with van der Waals surface area (Å²) in [5, 5.41) is 6.19. The largest absolute Gasteiger partial charge is 0.348 e. The van der Waals surface area contributed by atoms with Crippen LogP contribution in [0.4, 0.5) is 5.69 Å². The van der Waals surface area contributed by atoms with Gasteiger partial charge in [0.25, 0.3) is 11.8 Å². The van der Waals surface area contributed by atoms with Crippen LogP contribution in [0.2, 0.25) is 5.02 Å². The summed E-state index contributed by atoms with van der Waals surface area (Å²) in [6.45, 7) is 0. The van der Waals surface area contributed by atoms with E-state index in [0.717, 1.165) is 12.8 Å². The summed E-state index contributed by atoms with van der Waals surface area (Å²) >= 11 is 5.94. The van der Waals surface area contributed by atoms with Crippen LogP contribution in [0.25, 0.3) is 5.52 Å². The average molecular weight is 355 g/mol. The van der Waals surface area contributed by atoms with Crippen LogP contribution >= 0.6 is 11.6 Å². The summed E-state index contributed by atoms with van der Waals surface area (Å²) in [4.78, 5) is 29.3. The van der Waals surface area contributed by atoms with Crippen LogP contribution in [-0.4, -0.2) is 27.2 Å². The first-order valence-corrected chi connectivity index (χ1v) is 8.34. The van der Waals surface area contributed by atoms with Gasteiger partial charge in [0.2, 0.25) is 5.82 Å². The number of carbonyl (C=O) groups excluding carboxylic acids is 2. The van der Waals surface area contributed by atoms with Crippen LogP contribution in [0.1, 0.15) is 33.9 Å². The summed E-state index contributed by atoms with van der Waals surface area (Å²) in [6.07, 6.45) is 3.68. The Labute approximate surface area is 148 Å². The quantitative estimate of drug-likeness (QED) is 0.755. The standard InChI is InChI=1S/C18H15ClN4O2/c19-11-4-3-5-13(10-11)21-18(25)16-22-15(17(24)20-12-7-8-12)14-6-1-2-9-23(14)16/h1-6,9-10,12H,7-8H2,(H,20,24)(H,21,25). The Hall–Kier alpha value is -2.86. The molecule has 3 aromatic rings. The van der Waals surface area contributed by atoms with Gasteiger partial charge in [-0.3, -0.25) is 14.0 Å². The van der Waals surface area contributed by atoms with Gasteiger partial charge in [-0.15, -0.1) is 0 Å². The van der Waals surface area contributed by atoms with E-state index < -0.39 is 5.91 Å². The number of pyridine rings is 1. The van der Waals surface area contributed by atoms with Gasteiger partial charge in [0, 0.05) is 22.9 Å². The molecule has 1 aromatic carbocycles. The molecule has 2 aromatic heterocycles. The molecule has 0 spiro atoms. The van der Waals surface area contributed by atoms with E-state index in [1.807, 2.05) is 6.07 Å². The van der Waals surface area contributed by atoms with Crippen molar-refractivity contribution in [2.45, 2.75) is 18.9 Å². The Morgan fingerprint density at radius 2 is 1.96 bits per heavy atom. The molecule has 0 unspecified atom stereocenters. The van der Waals surface area contributed by atoms with Gasteiger partial charge in [-0.25, -0.2) is 4.98 Å². The molecule has 1 saturated carbocycles. The highest BCUT2D eigenvalue weighted by atomic mass is 35.5. The van der Waals surface area contributed by atoms with E-state index in [4.69, 9.17) is 11.6 Å². The van der Waals surface area contributed by atoms with Crippen LogP contribution in [0.15, 0.2) is 48.7 Å². The minimum atomic E-state index is -0.408. The highest BCUT2D eigenvalue weighted by Gasteiger charge is 2.27. The summed E-state index contributed by atoms with van der Waals surface area (Å²) in [6, 6.07) is 12.4. The van der Waals surface area contributed by atoms with E-state index in [0.29, 0.717) is 16.2 Å². The molecule has 0 saturated heterocycles. The highest BCUT2D eigenvalue weighted by Crippen LogP contribution is 2.21. The maximum absolute atomic E-state index is 12.6. The van der Waals surface area contributed by atoms with E-state index in [1.165, 1.54) is 0 Å². The van der Waals surface area contributed by atoms with E-state index >= 15 is 0 Å². The minimum Gasteiger partial charge on any atom is -0.348 e. The average Bonchev–Trinajstić information content (AvgIpc) is 3.32. The number of hydrogen-bond acceptors (Lipinski definition) is 3. The number of halogens is 1. The van der Waals surface area contributed by atoms with Crippen molar-refractivity contribution in [1.29, 1.82) is 0 Å². The Balaban J connectivity index is 1.68. The highest BCUT2D eigenvalue weighted by molar-refractivity contribution is 6.31. The van der Waals surface area contributed by atoms with Gasteiger partial charge in [-0.2, -0.15) is 0 Å². The topological polar surface area (TPSA) is 75.5 Å². The zero-order chi connectivity index (χ0) is 17.4. The lowest BCUT2D eigenvalue weighted by Gasteiger charge is -2.04. The number of carbonyl (C=O) groups is 2. The van der Waals surface area contributed by atoms with Crippen LogP contribution < -0.4 is 10.6 Å². The van der Waals surface area contributed by atoms with Crippen molar-refractivity contribution >= 4 is 34.6 Å². The lowest BCUT2D eigenvalue weighted by Crippen LogP contribution is -2.26. The van der Waals surface area contributed by atoms with Crippen LogP contribution in [-0.2, 0) is 0 Å². The van der Waals surface area contributed by atoms with Crippen molar-refractivity contribution in [2.75, 3.05) is 5.32 Å². The third kappa shape index (κ3) is 3.21. The van der Waals surface area contributed by atoms with E-state index in [9.17, 15) is 9.59 Å². The molecule has 0 radical (unpaired) electrons. The van der Waals surface area contributed by atoms with Crippen molar-refractivity contribution in [3.63, 3.8) is 0 Å². The minimum absolute atomic E-state index is 0.150. The molecule has 0 aliphatic heterocycles. The molecular formula is C18H15ClN4O2. The number of fused-ring (bicyclic) bond motifs is 1. The summed E-state index contributed by atoms with van der Waals surface area (Å²) in [5.41, 5.74) is 1.41. The van der Waals surface area contributed by atoms with Crippen molar-refractivity contribution in [3.8, 4) is 0 Å². The zero-order valence-corrected chi connectivity index (χ0v) is 14.0. The second-order valence-electron chi connectivity index (χ2n) is 5.95. The van der Waals surface area contributed by atoms with Crippen molar-refractivity contribution in [1.82, 2.24) is 14.7 Å². The maximum atomic E-state index is 12.6. The number of hydrogen-bond donors (Lipinski definition) is 2. The molecule has 1 aliphatic carbocycles. The monoisotopic (exact) mass is 354 g/mol. The first-order chi connectivity index (χ1) is 12.1. The van der Waals surface area contributed by atoms with E-state index in [1.54, 1.807) is 47.0 Å². The van der Waals surface area contributed by atoms with Gasteiger partial charge in [-0.1, -0.05) is 23.7 Å². The van der Waals surface area contributed by atoms with Crippen molar-refractivity contribution < 1.29 is 9.59 Å². The molecule has 2 amide bonds. The second kappa shape index (κ2) is 6.22. The molecule has 1 aliphatic rings. The fourth-order valence-corrected chi connectivity index (χ4v) is 2.79. The van der Waals surface area contributed by atoms with Gasteiger partial charge >= 0.3 is 0 Å². The third-order valence-corrected chi connectivity index (χ3v) is 4.20. The molecule has 0 bridgehead atoms. The SMILES string of the molecule is O=C(NC1CC1)c1nc(C(=O)Nc2cccc(Cl)c2)n2ccccc12. The number of nitrogens with one attached hydrogen (secondary N) is 2. The maximum Gasteiger partial charge on any atom is 0.292 e. The normalized spacial score (nSPS) is 13.6. The number of aromatic nitrogens is 2. The molecule has 25 heavy (non-hydrogen) atoms. The molecular weight excluding hydrogens is 340 g/mol. The second-order valence-corrected chi connectivity index (χ2v) is 6.39. The molecule has 126 valence electrons. The zero-order valence-electron chi connectivity index (χ0n) is 13.2. The van der Waals surface area contributed by atoms with E-state index in [2.05, 4.69) is 15.6 Å². The van der Waals surface area contributed by atoms with Crippen molar-refractivity contribution in [3.05, 3.63) is 65.2 Å². The first kappa shape index (κ1) is 15.7. The lowest BCUT2D eigenvalue weighted by atomic mass is 10.3. The molecule has 2 N–H and O–H groups in total. The number of nitrogens with zero attached hydrogens (tertiary/aromatic N) is 2. The fraction of sp³-hybridized carbons (Fsp3) is 0.167. The van der Waals surface area contributed by atoms with Crippen LogP contribution in [0.5, 0.6) is 0 Å².